The van der Waals surface area contributed by atoms with E-state index in [2.05, 4.69) is 10.1 Å². The molecule has 1 aromatic heterocycles. The van der Waals surface area contributed by atoms with Crippen molar-refractivity contribution in [3.05, 3.63) is 40.7 Å². The molecule has 0 unspecified atom stereocenters. The van der Waals surface area contributed by atoms with Crippen molar-refractivity contribution in [1.82, 2.24) is 10.1 Å². The van der Waals surface area contributed by atoms with Crippen LogP contribution in [0, 0.1) is 0 Å². The predicted octanol–water partition coefficient (Wildman–Crippen LogP) is 1.61. The fraction of sp³-hybridized carbons (Fsp3) is 0.385. The number of hydrogen-bond acceptors (Lipinski definition) is 6. The maximum atomic E-state index is 6.14. The van der Waals surface area contributed by atoms with Gasteiger partial charge in [0.15, 0.2) is 0 Å². The molecule has 0 aliphatic carbocycles. The normalized spacial score (nSPS) is 17.2. The highest BCUT2D eigenvalue weighted by molar-refractivity contribution is 6.31. The van der Waals surface area contributed by atoms with Gasteiger partial charge in [-0.25, -0.2) is 0 Å². The summed E-state index contributed by atoms with van der Waals surface area (Å²) in [7, 11) is 0. The summed E-state index contributed by atoms with van der Waals surface area (Å²) in [4.78, 5) is 6.37. The third-order valence-electron chi connectivity index (χ3n) is 3.23. The van der Waals surface area contributed by atoms with Crippen molar-refractivity contribution in [2.75, 3.05) is 31.2 Å². The topological polar surface area (TPSA) is 77.4 Å². The Morgan fingerprint density at radius 2 is 2.00 bits per heavy atom. The number of rotatable bonds is 3. The van der Waals surface area contributed by atoms with Crippen LogP contribution >= 0.6 is 11.6 Å². The first-order chi connectivity index (χ1) is 9.75. The quantitative estimate of drug-likeness (QED) is 0.926. The van der Waals surface area contributed by atoms with Crippen molar-refractivity contribution in [2.45, 2.75) is 6.04 Å². The molecular formula is C13H15ClN4O2. The van der Waals surface area contributed by atoms with Gasteiger partial charge in [-0.3, -0.25) is 0 Å². The van der Waals surface area contributed by atoms with Gasteiger partial charge >= 0.3 is 0 Å². The summed E-state index contributed by atoms with van der Waals surface area (Å²) in [6.07, 6.45) is 0. The van der Waals surface area contributed by atoms with E-state index in [1.54, 1.807) is 6.07 Å². The zero-order chi connectivity index (χ0) is 13.9. The molecule has 0 bridgehead atoms. The van der Waals surface area contributed by atoms with Crippen molar-refractivity contribution in [3.63, 3.8) is 0 Å². The van der Waals surface area contributed by atoms with E-state index in [0.29, 0.717) is 30.1 Å². The highest BCUT2D eigenvalue weighted by atomic mass is 35.5. The zero-order valence-electron chi connectivity index (χ0n) is 10.8. The fourth-order valence-electron chi connectivity index (χ4n) is 2.11. The van der Waals surface area contributed by atoms with Crippen molar-refractivity contribution in [3.8, 4) is 0 Å². The third kappa shape index (κ3) is 2.63. The van der Waals surface area contributed by atoms with Gasteiger partial charge in [-0.1, -0.05) is 29.8 Å². The van der Waals surface area contributed by atoms with Gasteiger partial charge in [0.05, 0.1) is 13.2 Å². The zero-order valence-corrected chi connectivity index (χ0v) is 11.6. The van der Waals surface area contributed by atoms with Crippen molar-refractivity contribution >= 4 is 17.5 Å². The lowest BCUT2D eigenvalue weighted by Gasteiger charge is -2.24. The van der Waals surface area contributed by atoms with Crippen LogP contribution in [0.5, 0.6) is 0 Å². The Balaban J connectivity index is 1.81. The van der Waals surface area contributed by atoms with Crippen LogP contribution in [0.4, 0.5) is 5.95 Å². The summed E-state index contributed by atoms with van der Waals surface area (Å²) in [6.45, 7) is 2.83. The smallest absolute Gasteiger partial charge is 0.266 e. The average molecular weight is 295 g/mol. The largest absolute Gasteiger partial charge is 0.378 e. The van der Waals surface area contributed by atoms with Gasteiger partial charge < -0.3 is 19.9 Å². The lowest BCUT2D eigenvalue weighted by molar-refractivity contribution is 0.121. The standard InChI is InChI=1S/C13H15ClN4O2/c14-10-4-2-1-3-9(10)11(15)12-16-13(17-20-12)18-5-7-19-8-6-18/h1-4,11H,5-8,15H2/t11-/m1/s1. The summed E-state index contributed by atoms with van der Waals surface area (Å²) in [5.74, 6) is 0.908. The van der Waals surface area contributed by atoms with Gasteiger partial charge in [-0.2, -0.15) is 4.98 Å². The van der Waals surface area contributed by atoms with Gasteiger partial charge in [0.25, 0.3) is 5.95 Å². The molecule has 1 aromatic carbocycles. The summed E-state index contributed by atoms with van der Waals surface area (Å²) >= 11 is 6.13. The van der Waals surface area contributed by atoms with E-state index in [9.17, 15) is 0 Å². The molecule has 106 valence electrons. The second-order valence-electron chi connectivity index (χ2n) is 4.53. The van der Waals surface area contributed by atoms with Crippen LogP contribution in [0.2, 0.25) is 5.02 Å². The molecule has 1 fully saturated rings. The molecule has 2 heterocycles. The van der Waals surface area contributed by atoms with Crippen LogP contribution in [0.25, 0.3) is 0 Å². The summed E-state index contributed by atoms with van der Waals surface area (Å²) in [6, 6.07) is 6.85. The van der Waals surface area contributed by atoms with E-state index in [0.717, 1.165) is 18.7 Å². The highest BCUT2D eigenvalue weighted by Gasteiger charge is 2.22. The van der Waals surface area contributed by atoms with Gasteiger partial charge in [0.2, 0.25) is 5.89 Å². The second kappa shape index (κ2) is 5.78. The Labute approximate surface area is 121 Å². The van der Waals surface area contributed by atoms with Crippen LogP contribution < -0.4 is 10.6 Å². The first-order valence-electron chi connectivity index (χ1n) is 6.42. The van der Waals surface area contributed by atoms with Crippen LogP contribution in [0.15, 0.2) is 28.8 Å². The molecule has 0 saturated carbocycles. The van der Waals surface area contributed by atoms with E-state index in [4.69, 9.17) is 26.6 Å². The SMILES string of the molecule is N[C@@H](c1nc(N2CCOCC2)no1)c1ccccc1Cl. The monoisotopic (exact) mass is 294 g/mol. The van der Waals surface area contributed by atoms with E-state index in [1.165, 1.54) is 0 Å². The van der Waals surface area contributed by atoms with Crippen LogP contribution in [0.1, 0.15) is 17.5 Å². The first-order valence-corrected chi connectivity index (χ1v) is 6.80. The molecule has 20 heavy (non-hydrogen) atoms. The fourth-order valence-corrected chi connectivity index (χ4v) is 2.36. The Kier molecular flexibility index (Phi) is 3.86. The Hall–Kier alpha value is -1.63. The Morgan fingerprint density at radius 1 is 1.25 bits per heavy atom. The summed E-state index contributed by atoms with van der Waals surface area (Å²) in [5.41, 5.74) is 6.91. The van der Waals surface area contributed by atoms with Crippen LogP contribution in [0.3, 0.4) is 0 Å². The maximum Gasteiger partial charge on any atom is 0.266 e. The molecule has 0 radical (unpaired) electrons. The number of ether oxygens (including phenoxy) is 1. The second-order valence-corrected chi connectivity index (χ2v) is 4.94. The molecular weight excluding hydrogens is 280 g/mol. The summed E-state index contributed by atoms with van der Waals surface area (Å²) < 4.78 is 10.6. The number of hydrogen-bond donors (Lipinski definition) is 1. The lowest BCUT2D eigenvalue weighted by atomic mass is 10.1. The number of anilines is 1. The molecule has 3 rings (SSSR count). The maximum absolute atomic E-state index is 6.14. The molecule has 1 saturated heterocycles. The number of aromatic nitrogens is 2. The van der Waals surface area contributed by atoms with Crippen molar-refractivity contribution in [1.29, 1.82) is 0 Å². The number of benzene rings is 1. The molecule has 1 aliphatic rings. The molecule has 1 aliphatic heterocycles. The molecule has 1 atom stereocenters. The molecule has 0 spiro atoms. The van der Waals surface area contributed by atoms with Crippen molar-refractivity contribution < 1.29 is 9.26 Å². The van der Waals surface area contributed by atoms with Gasteiger partial charge in [-0.15, -0.1) is 0 Å². The van der Waals surface area contributed by atoms with E-state index < -0.39 is 6.04 Å². The minimum Gasteiger partial charge on any atom is -0.378 e. The number of nitrogens with two attached hydrogens (primary N) is 1. The lowest BCUT2D eigenvalue weighted by Crippen LogP contribution is -2.36. The Morgan fingerprint density at radius 3 is 2.75 bits per heavy atom. The van der Waals surface area contributed by atoms with Gasteiger partial charge in [0.1, 0.15) is 6.04 Å². The third-order valence-corrected chi connectivity index (χ3v) is 3.58. The van der Waals surface area contributed by atoms with Gasteiger partial charge in [0, 0.05) is 18.1 Å². The van der Waals surface area contributed by atoms with Crippen LogP contribution in [-0.4, -0.2) is 36.4 Å². The first kappa shape index (κ1) is 13.4. The summed E-state index contributed by atoms with van der Waals surface area (Å²) in [5, 5.41) is 4.57. The highest BCUT2D eigenvalue weighted by Crippen LogP contribution is 2.26. The molecule has 7 heteroatoms. The van der Waals surface area contributed by atoms with Crippen LogP contribution in [-0.2, 0) is 4.74 Å². The van der Waals surface area contributed by atoms with Crippen molar-refractivity contribution in [2.24, 2.45) is 5.73 Å². The molecule has 0 amide bonds. The van der Waals surface area contributed by atoms with E-state index in [-0.39, 0.29) is 0 Å². The van der Waals surface area contributed by atoms with Gasteiger partial charge in [-0.05, 0) is 16.8 Å². The Bertz CT molecular complexity index is 583. The van der Waals surface area contributed by atoms with E-state index in [1.807, 2.05) is 23.1 Å². The minimum absolute atomic E-state index is 0.361. The number of halogens is 1. The minimum atomic E-state index is -0.522. The molecule has 2 N–H and O–H groups in total. The number of morpholine rings is 1. The predicted molar refractivity (Wildman–Crippen MR) is 74.8 cm³/mol. The average Bonchev–Trinajstić information content (AvgIpc) is 2.98. The molecule has 2 aromatic rings. The number of nitrogens with zero attached hydrogens (tertiary/aromatic N) is 3. The van der Waals surface area contributed by atoms with E-state index >= 15 is 0 Å². The molecule has 6 nitrogen and oxygen atoms in total.